The number of carboxylic acid groups (broad SMARTS) is 1. The van der Waals surface area contributed by atoms with E-state index >= 15 is 0 Å². The molecule has 10 unspecified atom stereocenters. The number of carbonyl (C=O) groups is 2. The minimum atomic E-state index is -1.54. The van der Waals surface area contributed by atoms with Gasteiger partial charge in [-0.2, -0.15) is 0 Å². The van der Waals surface area contributed by atoms with Crippen LogP contribution in [0.4, 0.5) is 0 Å². The lowest BCUT2D eigenvalue weighted by Crippen LogP contribution is -2.39. The van der Waals surface area contributed by atoms with Gasteiger partial charge in [-0.3, -0.25) is 9.59 Å². The number of aliphatic hydroxyl groups excluding tert-OH is 6. The molecule has 0 aromatic heterocycles. The molecule has 0 fully saturated rings. The van der Waals surface area contributed by atoms with Crippen molar-refractivity contribution in [2.45, 2.75) is 109 Å². The molecule has 244 valence electrons. The maximum Gasteiger partial charge on any atom is 0.312 e. The average Bonchev–Trinajstić information content (AvgIpc) is 2.90. The van der Waals surface area contributed by atoms with E-state index in [-0.39, 0.29) is 43.9 Å². The number of hydrogen-bond acceptors (Lipinski definition) is 9. The predicted octanol–water partition coefficient (Wildman–Crippen LogP) is 2.83. The maximum atomic E-state index is 12.8. The second-order valence-corrected chi connectivity index (χ2v) is 11.8. The maximum absolute atomic E-state index is 12.8. The van der Waals surface area contributed by atoms with Gasteiger partial charge in [-0.1, -0.05) is 81.5 Å². The zero-order chi connectivity index (χ0) is 32.5. The summed E-state index contributed by atoms with van der Waals surface area (Å²) in [6.07, 6.45) is 9.38. The molecule has 10 nitrogen and oxygen atoms in total. The van der Waals surface area contributed by atoms with Crippen molar-refractivity contribution in [3.8, 4) is 0 Å². The molecule has 1 rings (SSSR count). The van der Waals surface area contributed by atoms with Crippen LogP contribution in [0.5, 0.6) is 0 Å². The number of ether oxygens (including phenoxy) is 1. The molecule has 7 N–H and O–H groups in total. The molecule has 0 aromatic carbocycles. The monoisotopic (exact) mass is 608 g/mol. The Morgan fingerprint density at radius 3 is 1.77 bits per heavy atom. The summed E-state index contributed by atoms with van der Waals surface area (Å²) in [5, 5.41) is 72.0. The van der Waals surface area contributed by atoms with Crippen LogP contribution in [0.25, 0.3) is 0 Å². The molecule has 0 spiro atoms. The van der Waals surface area contributed by atoms with E-state index in [2.05, 4.69) is 0 Å². The zero-order valence-electron chi connectivity index (χ0n) is 25.7. The fraction of sp³-hybridized carbons (Fsp3) is 0.636. The number of allylic oxidation sites excluding steroid dienone is 8. The van der Waals surface area contributed by atoms with E-state index < -0.39 is 66.5 Å². The number of cyclic esters (lactones) is 1. The lowest BCUT2D eigenvalue weighted by Gasteiger charge is -2.28. The minimum absolute atomic E-state index is 0.0159. The predicted molar refractivity (Wildman–Crippen MR) is 164 cm³/mol. The third kappa shape index (κ3) is 15.1. The van der Waals surface area contributed by atoms with Crippen LogP contribution in [-0.2, 0) is 14.3 Å². The fourth-order valence-electron chi connectivity index (χ4n) is 4.96. The Morgan fingerprint density at radius 2 is 1.23 bits per heavy atom. The first kappa shape index (κ1) is 38.4. The summed E-state index contributed by atoms with van der Waals surface area (Å²) < 4.78 is 5.76. The third-order valence-corrected chi connectivity index (χ3v) is 7.59. The van der Waals surface area contributed by atoms with Crippen LogP contribution >= 0.6 is 0 Å². The van der Waals surface area contributed by atoms with Crippen molar-refractivity contribution >= 4 is 11.9 Å². The van der Waals surface area contributed by atoms with Gasteiger partial charge in [0.2, 0.25) is 0 Å². The normalized spacial score (nSPS) is 35.3. The van der Waals surface area contributed by atoms with Gasteiger partial charge in [0.25, 0.3) is 0 Å². The van der Waals surface area contributed by atoms with Gasteiger partial charge >= 0.3 is 11.9 Å². The van der Waals surface area contributed by atoms with Crippen LogP contribution in [0.15, 0.2) is 60.8 Å². The van der Waals surface area contributed by atoms with Crippen LogP contribution in [0.1, 0.15) is 66.2 Å². The third-order valence-electron chi connectivity index (χ3n) is 7.59. The van der Waals surface area contributed by atoms with Gasteiger partial charge in [-0.25, -0.2) is 0 Å². The highest BCUT2D eigenvalue weighted by Crippen LogP contribution is 2.23. The van der Waals surface area contributed by atoms with E-state index in [4.69, 9.17) is 4.74 Å². The van der Waals surface area contributed by atoms with Gasteiger partial charge in [0, 0.05) is 18.8 Å². The summed E-state index contributed by atoms with van der Waals surface area (Å²) >= 11 is 0. The molecular weight excluding hydrogens is 556 g/mol. The molecule has 1 aliphatic heterocycles. The Bertz CT molecular complexity index is 969. The van der Waals surface area contributed by atoms with Crippen molar-refractivity contribution in [3.05, 3.63) is 60.8 Å². The first-order valence-corrected chi connectivity index (χ1v) is 15.1. The van der Waals surface area contributed by atoms with E-state index in [1.807, 2.05) is 39.0 Å². The molecule has 0 saturated heterocycles. The van der Waals surface area contributed by atoms with Crippen LogP contribution < -0.4 is 0 Å². The molecule has 0 bridgehead atoms. The number of aliphatic hydroxyl groups is 6. The molecule has 1 aliphatic rings. The summed E-state index contributed by atoms with van der Waals surface area (Å²) in [5.41, 5.74) is 0. The minimum Gasteiger partial charge on any atom is -0.481 e. The van der Waals surface area contributed by atoms with Gasteiger partial charge < -0.3 is 40.5 Å². The fourth-order valence-corrected chi connectivity index (χ4v) is 4.96. The van der Waals surface area contributed by atoms with Gasteiger partial charge in [0.05, 0.1) is 42.5 Å². The molecule has 0 aliphatic carbocycles. The molecular formula is C33H52O10. The number of rotatable bonds is 2. The molecule has 0 amide bonds. The van der Waals surface area contributed by atoms with Crippen molar-refractivity contribution < 1.29 is 50.1 Å². The van der Waals surface area contributed by atoms with Crippen LogP contribution in [-0.4, -0.2) is 90.4 Å². The first-order chi connectivity index (χ1) is 20.2. The second kappa shape index (κ2) is 20.4. The molecule has 1 heterocycles. The van der Waals surface area contributed by atoms with E-state index in [0.717, 1.165) is 0 Å². The molecule has 0 radical (unpaired) electrons. The van der Waals surface area contributed by atoms with Crippen LogP contribution in [0.3, 0.4) is 0 Å². The number of carbonyl (C=O) groups excluding carboxylic acids is 1. The Kier molecular flexibility index (Phi) is 18.2. The topological polar surface area (TPSA) is 185 Å². The van der Waals surface area contributed by atoms with Crippen molar-refractivity contribution in [1.82, 2.24) is 0 Å². The van der Waals surface area contributed by atoms with Gasteiger partial charge in [0.15, 0.2) is 0 Å². The summed E-state index contributed by atoms with van der Waals surface area (Å²) in [4.78, 5) is 24.5. The van der Waals surface area contributed by atoms with E-state index in [0.29, 0.717) is 6.42 Å². The Hall–Kier alpha value is -2.60. The van der Waals surface area contributed by atoms with Gasteiger partial charge in [-0.05, 0) is 38.5 Å². The average molecular weight is 609 g/mol. The largest absolute Gasteiger partial charge is 0.481 e. The second-order valence-electron chi connectivity index (χ2n) is 11.8. The zero-order valence-corrected chi connectivity index (χ0v) is 25.7. The van der Waals surface area contributed by atoms with E-state index in [1.54, 1.807) is 30.4 Å². The van der Waals surface area contributed by atoms with Crippen molar-refractivity contribution in [2.24, 2.45) is 23.7 Å². The van der Waals surface area contributed by atoms with Crippen LogP contribution in [0.2, 0.25) is 0 Å². The number of carboxylic acids is 1. The van der Waals surface area contributed by atoms with E-state index in [1.165, 1.54) is 19.1 Å². The molecule has 10 heteroatoms. The van der Waals surface area contributed by atoms with Crippen molar-refractivity contribution in [1.29, 1.82) is 0 Å². The smallest absolute Gasteiger partial charge is 0.312 e. The lowest BCUT2D eigenvalue weighted by molar-refractivity contribution is -0.162. The lowest BCUT2D eigenvalue weighted by atomic mass is 9.90. The highest BCUT2D eigenvalue weighted by molar-refractivity contribution is 5.73. The number of hydrogen-bond donors (Lipinski definition) is 7. The first-order valence-electron chi connectivity index (χ1n) is 15.1. The van der Waals surface area contributed by atoms with Gasteiger partial charge in [0.1, 0.15) is 12.0 Å². The summed E-state index contributed by atoms with van der Waals surface area (Å²) in [6, 6.07) is 0. The number of aliphatic carboxylic acids is 1. The highest BCUT2D eigenvalue weighted by Gasteiger charge is 2.34. The summed E-state index contributed by atoms with van der Waals surface area (Å²) in [7, 11) is 0. The Labute approximate surface area is 255 Å². The summed E-state index contributed by atoms with van der Waals surface area (Å²) in [6.45, 7) is 7.35. The highest BCUT2D eigenvalue weighted by atomic mass is 16.5. The molecule has 0 aromatic rings. The quantitative estimate of drug-likeness (QED) is 0.230. The molecule has 10 atom stereocenters. The van der Waals surface area contributed by atoms with Crippen LogP contribution in [0, 0.1) is 23.7 Å². The van der Waals surface area contributed by atoms with E-state index in [9.17, 15) is 45.3 Å². The van der Waals surface area contributed by atoms with Crippen molar-refractivity contribution in [2.75, 3.05) is 0 Å². The van der Waals surface area contributed by atoms with Crippen molar-refractivity contribution in [3.63, 3.8) is 0 Å². The summed E-state index contributed by atoms with van der Waals surface area (Å²) in [5.74, 6) is -4.50. The molecule has 43 heavy (non-hydrogen) atoms. The Balaban J connectivity index is 3.08. The van der Waals surface area contributed by atoms with Gasteiger partial charge in [-0.15, -0.1) is 0 Å². The number of esters is 1. The SMILES string of the molecule is CC(C)C1OC(=O)C(C)C(O)CC(O)CC(O)CCCC(O)CC(O)C(C(=O)O)C(O)C=CC=CC=CC=CC=CC1C. The standard InChI is InChI=1S/C33H52O10/c1-21(2)31-22(3)14-11-9-7-5-6-8-10-12-17-27(37)30(32(40)41)29(39)19-25(35)16-13-15-24(34)18-26(36)20-28(38)23(4)33(42)43-31/h5-12,14,17,21-31,34-39H,13,15-16,18-20H2,1-4H3,(H,40,41). The Morgan fingerprint density at radius 1 is 0.744 bits per heavy atom. The molecule has 0 saturated carbocycles.